The molecule has 0 saturated heterocycles. The summed E-state index contributed by atoms with van der Waals surface area (Å²) in [5.74, 6) is 1.93. The topological polar surface area (TPSA) is 48.2 Å². The Balaban J connectivity index is 1.99. The number of ether oxygens (including phenoxy) is 1. The molecule has 4 heteroatoms. The van der Waals surface area contributed by atoms with Gasteiger partial charge in [0.1, 0.15) is 5.75 Å². The van der Waals surface area contributed by atoms with Crippen molar-refractivity contribution in [2.45, 2.75) is 20.5 Å². The first-order chi connectivity index (χ1) is 7.24. The van der Waals surface area contributed by atoms with Crippen LogP contribution in [0.3, 0.4) is 0 Å². The monoisotopic (exact) mass is 204 g/mol. The van der Waals surface area contributed by atoms with Gasteiger partial charge in [-0.15, -0.1) is 0 Å². The lowest BCUT2D eigenvalue weighted by atomic mass is 10.2. The van der Waals surface area contributed by atoms with Gasteiger partial charge < -0.3 is 9.26 Å². The van der Waals surface area contributed by atoms with Crippen molar-refractivity contribution < 1.29 is 9.26 Å². The highest BCUT2D eigenvalue weighted by atomic mass is 16.5. The maximum Gasteiger partial charge on any atom is 0.264 e. The van der Waals surface area contributed by atoms with Gasteiger partial charge in [0.15, 0.2) is 12.4 Å². The number of aryl methyl sites for hydroxylation is 2. The number of rotatable bonds is 3. The number of aromatic nitrogens is 2. The minimum Gasteiger partial charge on any atom is -0.484 e. The fraction of sp³-hybridized carbons (Fsp3) is 0.273. The first-order valence-electron chi connectivity index (χ1n) is 4.73. The second-order valence-electron chi connectivity index (χ2n) is 3.34. The zero-order valence-corrected chi connectivity index (χ0v) is 8.73. The van der Waals surface area contributed by atoms with Crippen LogP contribution >= 0.6 is 0 Å². The molecule has 1 aromatic carbocycles. The number of nitrogens with zero attached hydrogens (tertiary/aromatic N) is 2. The molecule has 0 fully saturated rings. The summed E-state index contributed by atoms with van der Waals surface area (Å²) in [6.07, 6.45) is 0. The minimum absolute atomic E-state index is 0.310. The van der Waals surface area contributed by atoms with E-state index in [1.165, 1.54) is 0 Å². The van der Waals surface area contributed by atoms with Crippen molar-refractivity contribution in [3.8, 4) is 5.75 Å². The number of hydrogen-bond acceptors (Lipinski definition) is 4. The Kier molecular flexibility index (Phi) is 2.67. The molecule has 0 atom stereocenters. The Morgan fingerprint density at radius 1 is 1.33 bits per heavy atom. The number of benzene rings is 1. The van der Waals surface area contributed by atoms with Gasteiger partial charge >= 0.3 is 0 Å². The summed E-state index contributed by atoms with van der Waals surface area (Å²) >= 11 is 0. The van der Waals surface area contributed by atoms with Gasteiger partial charge in [-0.05, 0) is 31.5 Å². The lowest BCUT2D eigenvalue weighted by Gasteiger charge is -2.03. The highest BCUT2D eigenvalue weighted by Gasteiger charge is 2.03. The quantitative estimate of drug-likeness (QED) is 0.769. The molecule has 0 saturated carbocycles. The van der Waals surface area contributed by atoms with E-state index in [4.69, 9.17) is 9.26 Å². The summed E-state index contributed by atoms with van der Waals surface area (Å²) in [6.45, 7) is 4.10. The van der Waals surface area contributed by atoms with Crippen LogP contribution in [-0.2, 0) is 6.61 Å². The maximum absolute atomic E-state index is 5.49. The second-order valence-corrected chi connectivity index (χ2v) is 3.34. The Hall–Kier alpha value is -1.84. The summed E-state index contributed by atoms with van der Waals surface area (Å²) < 4.78 is 10.4. The zero-order chi connectivity index (χ0) is 10.7. The lowest BCUT2D eigenvalue weighted by Crippen LogP contribution is -1.95. The lowest BCUT2D eigenvalue weighted by molar-refractivity contribution is 0.242. The molecule has 4 nitrogen and oxygen atoms in total. The summed E-state index contributed by atoms with van der Waals surface area (Å²) in [5.41, 5.74) is 1.16. The van der Waals surface area contributed by atoms with E-state index in [1.54, 1.807) is 6.92 Å². The second kappa shape index (κ2) is 4.13. The molecule has 0 N–H and O–H groups in total. The summed E-state index contributed by atoms with van der Waals surface area (Å²) in [5, 5.41) is 3.68. The van der Waals surface area contributed by atoms with E-state index >= 15 is 0 Å². The average molecular weight is 204 g/mol. The van der Waals surface area contributed by atoms with E-state index in [0.717, 1.165) is 11.3 Å². The van der Waals surface area contributed by atoms with Crippen molar-refractivity contribution >= 4 is 0 Å². The predicted molar refractivity (Wildman–Crippen MR) is 54.5 cm³/mol. The molecule has 2 aromatic rings. The normalized spacial score (nSPS) is 10.3. The van der Waals surface area contributed by atoms with Crippen molar-refractivity contribution in [2.24, 2.45) is 0 Å². The molecule has 15 heavy (non-hydrogen) atoms. The minimum atomic E-state index is 0.310. The Bertz CT molecular complexity index is 451. The summed E-state index contributed by atoms with van der Waals surface area (Å²) in [4.78, 5) is 4.05. The fourth-order valence-corrected chi connectivity index (χ4v) is 1.25. The third-order valence-electron chi connectivity index (χ3n) is 1.92. The van der Waals surface area contributed by atoms with Gasteiger partial charge in [0.2, 0.25) is 0 Å². The van der Waals surface area contributed by atoms with Crippen LogP contribution in [0.2, 0.25) is 0 Å². The van der Waals surface area contributed by atoms with E-state index in [9.17, 15) is 0 Å². The molecule has 0 spiro atoms. The van der Waals surface area contributed by atoms with Crippen LogP contribution in [0.4, 0.5) is 0 Å². The van der Waals surface area contributed by atoms with Gasteiger partial charge in [-0.25, -0.2) is 0 Å². The van der Waals surface area contributed by atoms with Crippen LogP contribution in [0.5, 0.6) is 5.75 Å². The SMILES string of the molecule is Cc1cccc(OCc2nc(C)no2)c1. The number of hydrogen-bond donors (Lipinski definition) is 0. The zero-order valence-electron chi connectivity index (χ0n) is 8.73. The summed E-state index contributed by atoms with van der Waals surface area (Å²) in [6, 6.07) is 7.83. The Morgan fingerprint density at radius 2 is 2.20 bits per heavy atom. The predicted octanol–water partition coefficient (Wildman–Crippen LogP) is 2.27. The molecule has 2 rings (SSSR count). The maximum atomic E-state index is 5.49. The van der Waals surface area contributed by atoms with Crippen LogP contribution < -0.4 is 4.74 Å². The van der Waals surface area contributed by atoms with Crippen molar-refractivity contribution in [1.29, 1.82) is 0 Å². The van der Waals surface area contributed by atoms with Gasteiger partial charge in [-0.3, -0.25) is 0 Å². The Labute approximate surface area is 87.9 Å². The van der Waals surface area contributed by atoms with Crippen molar-refractivity contribution in [2.75, 3.05) is 0 Å². The Morgan fingerprint density at radius 3 is 2.87 bits per heavy atom. The van der Waals surface area contributed by atoms with E-state index in [1.807, 2.05) is 31.2 Å². The molecule has 0 aliphatic carbocycles. The average Bonchev–Trinajstić information content (AvgIpc) is 2.62. The molecule has 0 unspecified atom stereocenters. The smallest absolute Gasteiger partial charge is 0.264 e. The third-order valence-corrected chi connectivity index (χ3v) is 1.92. The first-order valence-corrected chi connectivity index (χ1v) is 4.73. The van der Waals surface area contributed by atoms with Gasteiger partial charge in [0, 0.05) is 0 Å². The van der Waals surface area contributed by atoms with Crippen LogP contribution in [0.15, 0.2) is 28.8 Å². The molecule has 0 amide bonds. The van der Waals surface area contributed by atoms with Gasteiger partial charge in [0.25, 0.3) is 5.89 Å². The third kappa shape index (κ3) is 2.56. The fourth-order valence-electron chi connectivity index (χ4n) is 1.25. The highest BCUT2D eigenvalue weighted by Crippen LogP contribution is 2.13. The van der Waals surface area contributed by atoms with Crippen molar-refractivity contribution in [3.63, 3.8) is 0 Å². The van der Waals surface area contributed by atoms with Crippen LogP contribution in [0, 0.1) is 13.8 Å². The molecular weight excluding hydrogens is 192 g/mol. The molecule has 0 bridgehead atoms. The van der Waals surface area contributed by atoms with Crippen molar-refractivity contribution in [1.82, 2.24) is 10.1 Å². The van der Waals surface area contributed by atoms with E-state index in [-0.39, 0.29) is 0 Å². The van der Waals surface area contributed by atoms with E-state index < -0.39 is 0 Å². The van der Waals surface area contributed by atoms with Gasteiger partial charge in [0.05, 0.1) is 0 Å². The largest absolute Gasteiger partial charge is 0.484 e. The van der Waals surface area contributed by atoms with E-state index in [2.05, 4.69) is 10.1 Å². The van der Waals surface area contributed by atoms with E-state index in [0.29, 0.717) is 18.3 Å². The van der Waals surface area contributed by atoms with Crippen molar-refractivity contribution in [3.05, 3.63) is 41.5 Å². The molecule has 0 aliphatic heterocycles. The van der Waals surface area contributed by atoms with Gasteiger partial charge in [-0.2, -0.15) is 4.98 Å². The molecule has 1 aromatic heterocycles. The first kappa shape index (κ1) is 9.71. The molecule has 1 heterocycles. The van der Waals surface area contributed by atoms with Crippen LogP contribution in [-0.4, -0.2) is 10.1 Å². The molecular formula is C11H12N2O2. The van der Waals surface area contributed by atoms with Crippen LogP contribution in [0.1, 0.15) is 17.3 Å². The van der Waals surface area contributed by atoms with Crippen LogP contribution in [0.25, 0.3) is 0 Å². The highest BCUT2D eigenvalue weighted by molar-refractivity contribution is 5.27. The standard InChI is InChI=1S/C11H12N2O2/c1-8-4-3-5-10(6-8)14-7-11-12-9(2)13-15-11/h3-6H,7H2,1-2H3. The molecule has 78 valence electrons. The van der Waals surface area contributed by atoms with Gasteiger partial charge in [-0.1, -0.05) is 17.3 Å². The molecule has 0 aliphatic rings. The summed E-state index contributed by atoms with van der Waals surface area (Å²) in [7, 11) is 0. The molecule has 0 radical (unpaired) electrons.